The fraction of sp³-hybridized carbons (Fsp3) is 0.222. The van der Waals surface area contributed by atoms with Gasteiger partial charge in [-0.2, -0.15) is 8.78 Å². The summed E-state index contributed by atoms with van der Waals surface area (Å²) in [5.74, 6) is -0.405. The number of ether oxygens (including phenoxy) is 1. The zero-order valence-electron chi connectivity index (χ0n) is 13.7. The van der Waals surface area contributed by atoms with E-state index < -0.39 is 6.61 Å². The van der Waals surface area contributed by atoms with Gasteiger partial charge in [-0.1, -0.05) is 0 Å². The maximum atomic E-state index is 12.2. The van der Waals surface area contributed by atoms with Crippen LogP contribution < -0.4 is 20.7 Å². The molecule has 0 atom stereocenters. The van der Waals surface area contributed by atoms with E-state index in [0.29, 0.717) is 16.9 Å². The molecule has 1 fully saturated rings. The summed E-state index contributed by atoms with van der Waals surface area (Å²) in [6.07, 6.45) is 2.02. The summed E-state index contributed by atoms with van der Waals surface area (Å²) in [5.41, 5.74) is 1.45. The Kier molecular flexibility index (Phi) is 5.31. The van der Waals surface area contributed by atoms with Crippen LogP contribution in [-0.4, -0.2) is 24.6 Å². The first-order chi connectivity index (χ1) is 12.5. The monoisotopic (exact) mass is 361 g/mol. The van der Waals surface area contributed by atoms with E-state index in [1.54, 1.807) is 24.3 Å². The molecule has 0 heterocycles. The van der Waals surface area contributed by atoms with Gasteiger partial charge in [-0.25, -0.2) is 4.79 Å². The molecule has 0 aromatic heterocycles. The second kappa shape index (κ2) is 7.81. The summed E-state index contributed by atoms with van der Waals surface area (Å²) in [6.45, 7) is -2.91. The van der Waals surface area contributed by atoms with Crippen LogP contribution in [0.5, 0.6) is 5.75 Å². The van der Waals surface area contributed by atoms with E-state index in [1.807, 2.05) is 0 Å². The Hall–Kier alpha value is -3.16. The highest BCUT2D eigenvalue weighted by Crippen LogP contribution is 2.20. The number of urea groups is 1. The molecule has 2 aromatic rings. The molecule has 2 aromatic carbocycles. The van der Waals surface area contributed by atoms with Crippen LogP contribution >= 0.6 is 0 Å². The number of carbonyl (C=O) groups excluding carboxylic acids is 2. The summed E-state index contributed by atoms with van der Waals surface area (Å²) in [4.78, 5) is 23.8. The zero-order valence-corrected chi connectivity index (χ0v) is 13.7. The summed E-state index contributed by atoms with van der Waals surface area (Å²) in [7, 11) is 0. The smallest absolute Gasteiger partial charge is 0.387 e. The van der Waals surface area contributed by atoms with Gasteiger partial charge < -0.3 is 20.7 Å². The van der Waals surface area contributed by atoms with Crippen molar-refractivity contribution in [3.8, 4) is 5.75 Å². The first-order valence-corrected chi connectivity index (χ1v) is 8.03. The molecule has 26 heavy (non-hydrogen) atoms. The molecule has 1 aliphatic carbocycles. The molecule has 136 valence electrons. The highest BCUT2D eigenvalue weighted by Gasteiger charge is 2.23. The maximum Gasteiger partial charge on any atom is 0.387 e. The van der Waals surface area contributed by atoms with E-state index in [2.05, 4.69) is 20.7 Å². The highest BCUT2D eigenvalue weighted by atomic mass is 19.3. The lowest BCUT2D eigenvalue weighted by atomic mass is 10.2. The third-order valence-corrected chi connectivity index (χ3v) is 3.65. The molecule has 0 unspecified atom stereocenters. The maximum absolute atomic E-state index is 12.2. The number of hydrogen-bond donors (Lipinski definition) is 3. The molecule has 6 nitrogen and oxygen atoms in total. The Morgan fingerprint density at radius 3 is 2.04 bits per heavy atom. The number of hydrogen-bond acceptors (Lipinski definition) is 3. The van der Waals surface area contributed by atoms with Gasteiger partial charge in [-0.05, 0) is 61.4 Å². The van der Waals surface area contributed by atoms with Crippen LogP contribution in [0.25, 0.3) is 0 Å². The lowest BCUT2D eigenvalue weighted by molar-refractivity contribution is -0.0498. The number of alkyl halides is 2. The minimum Gasteiger partial charge on any atom is -0.435 e. The van der Waals surface area contributed by atoms with E-state index in [-0.39, 0.29) is 23.7 Å². The van der Waals surface area contributed by atoms with E-state index >= 15 is 0 Å². The van der Waals surface area contributed by atoms with Crippen LogP contribution in [0.1, 0.15) is 23.2 Å². The molecule has 3 rings (SSSR count). The average Bonchev–Trinajstić information content (AvgIpc) is 3.40. The van der Waals surface area contributed by atoms with Gasteiger partial charge >= 0.3 is 12.6 Å². The molecule has 0 aliphatic heterocycles. The molecule has 3 amide bonds. The quantitative estimate of drug-likeness (QED) is 0.732. The molecule has 1 aliphatic rings. The fourth-order valence-electron chi connectivity index (χ4n) is 2.21. The van der Waals surface area contributed by atoms with Gasteiger partial charge in [0.1, 0.15) is 5.75 Å². The minimum absolute atomic E-state index is 0.0172. The number of carbonyl (C=O) groups is 2. The van der Waals surface area contributed by atoms with Crippen LogP contribution in [0.3, 0.4) is 0 Å². The van der Waals surface area contributed by atoms with Crippen molar-refractivity contribution in [1.82, 2.24) is 5.32 Å². The third-order valence-electron chi connectivity index (χ3n) is 3.65. The topological polar surface area (TPSA) is 79.5 Å². The van der Waals surface area contributed by atoms with Crippen molar-refractivity contribution in [3.63, 3.8) is 0 Å². The summed E-state index contributed by atoms with van der Waals surface area (Å²) < 4.78 is 28.5. The van der Waals surface area contributed by atoms with Crippen molar-refractivity contribution >= 4 is 23.3 Å². The predicted molar refractivity (Wildman–Crippen MR) is 92.6 cm³/mol. The normalized spacial score (nSPS) is 13.2. The molecule has 0 spiro atoms. The SMILES string of the molecule is O=C(Nc1ccc(NC(=O)c2ccc(OC(F)F)cc2)cc1)NC1CC1. The fourth-order valence-corrected chi connectivity index (χ4v) is 2.21. The molecular weight excluding hydrogens is 344 g/mol. The van der Waals surface area contributed by atoms with Gasteiger partial charge in [-0.15, -0.1) is 0 Å². The molecule has 8 heteroatoms. The summed E-state index contributed by atoms with van der Waals surface area (Å²) in [6, 6.07) is 12.0. The highest BCUT2D eigenvalue weighted by molar-refractivity contribution is 6.04. The van der Waals surface area contributed by atoms with Gasteiger partial charge in [0.05, 0.1) is 0 Å². The lowest BCUT2D eigenvalue weighted by Crippen LogP contribution is -2.30. The molecule has 0 radical (unpaired) electrons. The minimum atomic E-state index is -2.91. The Morgan fingerprint density at radius 1 is 0.923 bits per heavy atom. The summed E-state index contributed by atoms with van der Waals surface area (Å²) >= 11 is 0. The van der Waals surface area contributed by atoms with Crippen molar-refractivity contribution in [2.45, 2.75) is 25.5 Å². The number of nitrogens with one attached hydrogen (secondary N) is 3. The van der Waals surface area contributed by atoms with Crippen molar-refractivity contribution in [2.75, 3.05) is 10.6 Å². The zero-order chi connectivity index (χ0) is 18.5. The Balaban J connectivity index is 1.54. The van der Waals surface area contributed by atoms with Gasteiger partial charge in [0.2, 0.25) is 0 Å². The van der Waals surface area contributed by atoms with E-state index in [9.17, 15) is 18.4 Å². The predicted octanol–water partition coefficient (Wildman–Crippen LogP) is 3.82. The van der Waals surface area contributed by atoms with Gasteiger partial charge in [0.25, 0.3) is 5.91 Å². The molecule has 0 saturated heterocycles. The second-order valence-corrected chi connectivity index (χ2v) is 5.81. The Morgan fingerprint density at radius 2 is 1.50 bits per heavy atom. The molecule has 0 bridgehead atoms. The molecular formula is C18H17F2N3O3. The largest absolute Gasteiger partial charge is 0.435 e. The van der Waals surface area contributed by atoms with Gasteiger partial charge in [0, 0.05) is 23.0 Å². The van der Waals surface area contributed by atoms with Crippen molar-refractivity contribution in [1.29, 1.82) is 0 Å². The number of anilines is 2. The van der Waals surface area contributed by atoms with Crippen molar-refractivity contribution in [2.24, 2.45) is 0 Å². The third kappa shape index (κ3) is 5.17. The Labute approximate surface area is 148 Å². The van der Waals surface area contributed by atoms with Crippen molar-refractivity contribution < 1.29 is 23.1 Å². The number of rotatable bonds is 6. The number of halogens is 2. The molecule has 1 saturated carbocycles. The van der Waals surface area contributed by atoms with Gasteiger partial charge in [0.15, 0.2) is 0 Å². The van der Waals surface area contributed by atoms with E-state index in [4.69, 9.17) is 0 Å². The van der Waals surface area contributed by atoms with Crippen LogP contribution in [0, 0.1) is 0 Å². The van der Waals surface area contributed by atoms with Crippen LogP contribution in [0.4, 0.5) is 25.0 Å². The average molecular weight is 361 g/mol. The second-order valence-electron chi connectivity index (χ2n) is 5.81. The van der Waals surface area contributed by atoms with E-state index in [1.165, 1.54) is 24.3 Å². The van der Waals surface area contributed by atoms with Crippen molar-refractivity contribution in [3.05, 3.63) is 54.1 Å². The number of benzene rings is 2. The lowest BCUT2D eigenvalue weighted by Gasteiger charge is -2.09. The van der Waals surface area contributed by atoms with Crippen LogP contribution in [0.15, 0.2) is 48.5 Å². The standard InChI is InChI=1S/C18H17F2N3O3/c19-17(20)26-15-9-1-11(2-10-15)16(24)21-12-3-5-13(6-4-12)22-18(25)23-14-7-8-14/h1-6,9-10,14,17H,7-8H2,(H,21,24)(H2,22,23,25). The van der Waals surface area contributed by atoms with Crippen LogP contribution in [0.2, 0.25) is 0 Å². The summed E-state index contributed by atoms with van der Waals surface area (Å²) in [5, 5.41) is 8.20. The first-order valence-electron chi connectivity index (χ1n) is 8.03. The van der Waals surface area contributed by atoms with Gasteiger partial charge in [-0.3, -0.25) is 4.79 Å². The van der Waals surface area contributed by atoms with Crippen LogP contribution in [-0.2, 0) is 0 Å². The first kappa shape index (κ1) is 17.7. The Bertz CT molecular complexity index is 775. The number of amides is 3. The van der Waals surface area contributed by atoms with E-state index in [0.717, 1.165) is 12.8 Å². The molecule has 3 N–H and O–H groups in total.